The van der Waals surface area contributed by atoms with E-state index in [0.717, 1.165) is 0 Å². The third-order valence-electron chi connectivity index (χ3n) is 2.44. The molecule has 0 aliphatic rings. The van der Waals surface area contributed by atoms with Gasteiger partial charge in [-0.3, -0.25) is 4.79 Å². The lowest BCUT2D eigenvalue weighted by Gasteiger charge is -2.30. The van der Waals surface area contributed by atoms with E-state index in [9.17, 15) is 26.7 Å². The van der Waals surface area contributed by atoms with Crippen molar-refractivity contribution in [3.8, 4) is 0 Å². The Morgan fingerprint density at radius 1 is 1.21 bits per heavy atom. The van der Waals surface area contributed by atoms with Gasteiger partial charge >= 0.3 is 6.18 Å². The fourth-order valence-corrected chi connectivity index (χ4v) is 1.64. The number of hydrogen-bond donors (Lipinski definition) is 0. The molecule has 0 radical (unpaired) electrons. The molecule has 106 valence electrons. The van der Waals surface area contributed by atoms with Crippen molar-refractivity contribution in [2.24, 2.45) is 0 Å². The minimum absolute atomic E-state index is 0.222. The van der Waals surface area contributed by atoms with Gasteiger partial charge in [0.1, 0.15) is 30.2 Å². The van der Waals surface area contributed by atoms with Crippen LogP contribution in [0.4, 0.5) is 27.6 Å². The van der Waals surface area contributed by atoms with Gasteiger partial charge in [0.15, 0.2) is 0 Å². The first-order valence-electron chi connectivity index (χ1n) is 5.43. The van der Waals surface area contributed by atoms with Crippen LogP contribution in [0.2, 0.25) is 0 Å². The summed E-state index contributed by atoms with van der Waals surface area (Å²) in [6, 6.07) is 0.654. The van der Waals surface area contributed by atoms with Gasteiger partial charge in [-0.2, -0.15) is 13.2 Å². The predicted octanol–water partition coefficient (Wildman–Crippen LogP) is 3.55. The third kappa shape index (κ3) is 3.90. The minimum Gasteiger partial charge on any atom is -0.355 e. The lowest BCUT2D eigenvalue weighted by atomic mass is 10.1. The SMILES string of the molecule is CC(C)N(CC(F)(F)F)c1c(F)cc(C=O)cc1F. The van der Waals surface area contributed by atoms with Crippen LogP contribution in [0, 0.1) is 11.6 Å². The molecule has 0 atom stereocenters. The van der Waals surface area contributed by atoms with E-state index >= 15 is 0 Å². The molecule has 0 saturated heterocycles. The Labute approximate surface area is 106 Å². The maximum atomic E-state index is 13.7. The highest BCUT2D eigenvalue weighted by Crippen LogP contribution is 2.29. The zero-order valence-corrected chi connectivity index (χ0v) is 10.3. The van der Waals surface area contributed by atoms with E-state index in [1.165, 1.54) is 13.8 Å². The van der Waals surface area contributed by atoms with Crippen LogP contribution in [0.3, 0.4) is 0 Å². The average molecular weight is 281 g/mol. The number of alkyl halides is 3. The molecule has 0 aliphatic carbocycles. The normalized spacial score (nSPS) is 11.8. The summed E-state index contributed by atoms with van der Waals surface area (Å²) in [5, 5.41) is 0. The predicted molar refractivity (Wildman–Crippen MR) is 60.3 cm³/mol. The van der Waals surface area contributed by atoms with Gasteiger partial charge in [-0.1, -0.05) is 0 Å². The first kappa shape index (κ1) is 15.4. The van der Waals surface area contributed by atoms with Crippen molar-refractivity contribution in [3.63, 3.8) is 0 Å². The maximum absolute atomic E-state index is 13.7. The highest BCUT2D eigenvalue weighted by atomic mass is 19.4. The lowest BCUT2D eigenvalue weighted by Crippen LogP contribution is -2.40. The van der Waals surface area contributed by atoms with E-state index in [-0.39, 0.29) is 11.8 Å². The molecule has 0 unspecified atom stereocenters. The molecule has 19 heavy (non-hydrogen) atoms. The smallest absolute Gasteiger partial charge is 0.355 e. The van der Waals surface area contributed by atoms with Crippen molar-refractivity contribution in [1.29, 1.82) is 0 Å². The first-order valence-corrected chi connectivity index (χ1v) is 5.43. The number of halogens is 5. The summed E-state index contributed by atoms with van der Waals surface area (Å²) < 4.78 is 64.6. The molecule has 0 fully saturated rings. The average Bonchev–Trinajstić information content (AvgIpc) is 2.24. The molecule has 0 spiro atoms. The van der Waals surface area contributed by atoms with Gasteiger partial charge in [0.25, 0.3) is 0 Å². The van der Waals surface area contributed by atoms with E-state index in [1.807, 2.05) is 0 Å². The molecular weight excluding hydrogens is 269 g/mol. The van der Waals surface area contributed by atoms with Crippen molar-refractivity contribution in [2.75, 3.05) is 11.4 Å². The standard InChI is InChI=1S/C12H12F5NO/c1-7(2)18(6-12(15,16)17)11-9(13)3-8(5-19)4-10(11)14/h3-5,7H,6H2,1-2H3. The third-order valence-corrected chi connectivity index (χ3v) is 2.44. The first-order chi connectivity index (χ1) is 8.65. The van der Waals surface area contributed by atoms with Gasteiger partial charge in [-0.05, 0) is 26.0 Å². The molecule has 0 aliphatic heterocycles. The van der Waals surface area contributed by atoms with E-state index < -0.39 is 36.1 Å². The van der Waals surface area contributed by atoms with Crippen molar-refractivity contribution in [1.82, 2.24) is 0 Å². The molecule has 0 heterocycles. The molecule has 0 aromatic heterocycles. The van der Waals surface area contributed by atoms with Crippen LogP contribution in [0.25, 0.3) is 0 Å². The molecule has 1 rings (SSSR count). The minimum atomic E-state index is -4.59. The second-order valence-corrected chi connectivity index (χ2v) is 4.29. The molecule has 0 amide bonds. The van der Waals surface area contributed by atoms with Crippen molar-refractivity contribution in [2.45, 2.75) is 26.1 Å². The quantitative estimate of drug-likeness (QED) is 0.621. The lowest BCUT2D eigenvalue weighted by molar-refractivity contribution is -0.120. The van der Waals surface area contributed by atoms with E-state index in [2.05, 4.69) is 0 Å². The molecular formula is C12H12F5NO. The Morgan fingerprint density at radius 2 is 1.68 bits per heavy atom. The Hall–Kier alpha value is -1.66. The maximum Gasteiger partial charge on any atom is 0.405 e. The van der Waals surface area contributed by atoms with Crippen molar-refractivity contribution < 1.29 is 26.7 Å². The van der Waals surface area contributed by atoms with Crippen LogP contribution in [0.5, 0.6) is 0 Å². The summed E-state index contributed by atoms with van der Waals surface area (Å²) in [6.45, 7) is 1.30. The van der Waals surface area contributed by atoms with Gasteiger partial charge in [0.2, 0.25) is 0 Å². The summed E-state index contributed by atoms with van der Waals surface area (Å²) in [5.41, 5.74) is -1.05. The van der Waals surface area contributed by atoms with Crippen molar-refractivity contribution >= 4 is 12.0 Å². The highest BCUT2D eigenvalue weighted by molar-refractivity contribution is 5.76. The fraction of sp³-hybridized carbons (Fsp3) is 0.417. The molecule has 0 bridgehead atoms. The van der Waals surface area contributed by atoms with E-state index in [0.29, 0.717) is 17.0 Å². The van der Waals surface area contributed by atoms with Crippen LogP contribution >= 0.6 is 0 Å². The van der Waals surface area contributed by atoms with Crippen LogP contribution in [0.1, 0.15) is 24.2 Å². The number of hydrogen-bond acceptors (Lipinski definition) is 2. The number of benzene rings is 1. The number of carbonyl (C=O) groups excluding carboxylic acids is 1. The molecule has 7 heteroatoms. The van der Waals surface area contributed by atoms with Gasteiger partial charge in [0, 0.05) is 11.6 Å². The number of rotatable bonds is 4. The Balaban J connectivity index is 3.27. The second kappa shape index (κ2) is 5.54. The topological polar surface area (TPSA) is 20.3 Å². The number of aldehydes is 1. The van der Waals surface area contributed by atoms with Crippen LogP contribution in [-0.2, 0) is 0 Å². The summed E-state index contributed by atoms with van der Waals surface area (Å²) in [7, 11) is 0. The summed E-state index contributed by atoms with van der Waals surface area (Å²) in [5.74, 6) is -2.39. The Bertz CT molecular complexity index is 447. The van der Waals surface area contributed by atoms with Crippen LogP contribution in [0.15, 0.2) is 12.1 Å². The van der Waals surface area contributed by atoms with Gasteiger partial charge < -0.3 is 4.90 Å². The van der Waals surface area contributed by atoms with Crippen LogP contribution < -0.4 is 4.90 Å². The zero-order chi connectivity index (χ0) is 14.8. The van der Waals surface area contributed by atoms with Gasteiger partial charge in [-0.15, -0.1) is 0 Å². The number of nitrogens with zero attached hydrogens (tertiary/aromatic N) is 1. The highest BCUT2D eigenvalue weighted by Gasteiger charge is 2.34. The molecule has 0 N–H and O–H groups in total. The summed E-state index contributed by atoms with van der Waals surface area (Å²) >= 11 is 0. The summed E-state index contributed by atoms with van der Waals surface area (Å²) in [6.07, 6.45) is -4.37. The van der Waals surface area contributed by atoms with Crippen molar-refractivity contribution in [3.05, 3.63) is 29.3 Å². The molecule has 1 aromatic carbocycles. The second-order valence-electron chi connectivity index (χ2n) is 4.29. The zero-order valence-electron chi connectivity index (χ0n) is 10.3. The fourth-order valence-electron chi connectivity index (χ4n) is 1.64. The van der Waals surface area contributed by atoms with E-state index in [1.54, 1.807) is 0 Å². The largest absolute Gasteiger partial charge is 0.405 e. The Kier molecular flexibility index (Phi) is 4.49. The van der Waals surface area contributed by atoms with Crippen LogP contribution in [-0.4, -0.2) is 25.0 Å². The summed E-state index contributed by atoms with van der Waals surface area (Å²) in [4.78, 5) is 11.0. The monoisotopic (exact) mass is 281 g/mol. The number of anilines is 1. The number of carbonyl (C=O) groups is 1. The van der Waals surface area contributed by atoms with E-state index in [4.69, 9.17) is 0 Å². The molecule has 0 saturated carbocycles. The molecule has 1 aromatic rings. The molecule has 2 nitrogen and oxygen atoms in total. The van der Waals surface area contributed by atoms with Gasteiger partial charge in [0.05, 0.1) is 0 Å². The Morgan fingerprint density at radius 3 is 2.00 bits per heavy atom. The van der Waals surface area contributed by atoms with Gasteiger partial charge in [-0.25, -0.2) is 8.78 Å².